The SMILES string of the molecule is C=C/C=C1\C[C@H]([C@@H](C)C(C)O)N=CN1. The first-order valence-corrected chi connectivity index (χ1v) is 4.93. The average Bonchev–Trinajstić information content (AvgIpc) is 2.17. The number of hydrogen-bond acceptors (Lipinski definition) is 3. The van der Waals surface area contributed by atoms with Crippen molar-refractivity contribution in [3.05, 3.63) is 24.4 Å². The fourth-order valence-electron chi connectivity index (χ4n) is 1.45. The van der Waals surface area contributed by atoms with E-state index in [-0.39, 0.29) is 18.1 Å². The predicted molar refractivity (Wildman–Crippen MR) is 59.2 cm³/mol. The summed E-state index contributed by atoms with van der Waals surface area (Å²) in [5.74, 6) is 0.182. The zero-order valence-electron chi connectivity index (χ0n) is 8.77. The first-order chi connectivity index (χ1) is 6.65. The van der Waals surface area contributed by atoms with E-state index in [0.29, 0.717) is 0 Å². The Morgan fingerprint density at radius 3 is 3.00 bits per heavy atom. The van der Waals surface area contributed by atoms with Gasteiger partial charge in [-0.2, -0.15) is 0 Å². The molecule has 3 heteroatoms. The third-order valence-electron chi connectivity index (χ3n) is 2.63. The Labute approximate surface area is 85.2 Å². The number of allylic oxidation sites excluding steroid dienone is 2. The van der Waals surface area contributed by atoms with Crippen LogP contribution in [0.4, 0.5) is 0 Å². The summed E-state index contributed by atoms with van der Waals surface area (Å²) >= 11 is 0. The summed E-state index contributed by atoms with van der Waals surface area (Å²) in [5, 5.41) is 12.5. The van der Waals surface area contributed by atoms with Gasteiger partial charge in [-0.1, -0.05) is 19.6 Å². The molecular weight excluding hydrogens is 176 g/mol. The third-order valence-corrected chi connectivity index (χ3v) is 2.63. The minimum atomic E-state index is -0.319. The van der Waals surface area contributed by atoms with E-state index in [0.717, 1.165) is 12.1 Å². The number of hydrogen-bond donors (Lipinski definition) is 2. The summed E-state index contributed by atoms with van der Waals surface area (Å²) in [6, 6.07) is 0.169. The maximum atomic E-state index is 9.46. The summed E-state index contributed by atoms with van der Waals surface area (Å²) in [7, 11) is 0. The maximum absolute atomic E-state index is 9.46. The van der Waals surface area contributed by atoms with Crippen LogP contribution in [0.15, 0.2) is 29.4 Å². The number of nitrogens with zero attached hydrogens (tertiary/aromatic N) is 1. The van der Waals surface area contributed by atoms with Gasteiger partial charge < -0.3 is 10.4 Å². The van der Waals surface area contributed by atoms with Gasteiger partial charge in [-0.3, -0.25) is 4.99 Å². The van der Waals surface area contributed by atoms with Gasteiger partial charge in [-0.15, -0.1) is 0 Å². The fourth-order valence-corrected chi connectivity index (χ4v) is 1.45. The lowest BCUT2D eigenvalue weighted by Gasteiger charge is -2.26. The fraction of sp³-hybridized carbons (Fsp3) is 0.545. The number of aliphatic hydroxyl groups is 1. The van der Waals surface area contributed by atoms with Crippen molar-refractivity contribution < 1.29 is 5.11 Å². The standard InChI is InChI=1S/C11H18N2O/c1-4-5-10-6-11(13-7-12-10)8(2)9(3)14/h4-5,7-9,11,14H,1,6H2,2-3H3,(H,12,13)/b10-5+/t8-,9?,11+/m0/s1. The smallest absolute Gasteiger partial charge is 0.0869 e. The number of nitrogens with one attached hydrogen (secondary N) is 1. The van der Waals surface area contributed by atoms with Crippen molar-refractivity contribution >= 4 is 6.34 Å². The molecule has 0 aromatic carbocycles. The summed E-state index contributed by atoms with van der Waals surface area (Å²) in [5.41, 5.74) is 1.10. The molecule has 1 heterocycles. The number of aliphatic hydroxyl groups excluding tert-OH is 1. The lowest BCUT2D eigenvalue weighted by Crippen LogP contribution is -2.32. The molecule has 0 saturated carbocycles. The average molecular weight is 194 g/mol. The van der Waals surface area contributed by atoms with Gasteiger partial charge in [0.2, 0.25) is 0 Å². The van der Waals surface area contributed by atoms with E-state index in [1.807, 2.05) is 13.0 Å². The highest BCUT2D eigenvalue weighted by molar-refractivity contribution is 5.59. The first kappa shape index (κ1) is 11.0. The quantitative estimate of drug-likeness (QED) is 0.714. The normalized spacial score (nSPS) is 28.2. The van der Waals surface area contributed by atoms with Gasteiger partial charge >= 0.3 is 0 Å². The minimum Gasteiger partial charge on any atom is -0.393 e. The second kappa shape index (κ2) is 4.96. The Balaban J connectivity index is 2.65. The van der Waals surface area contributed by atoms with Crippen LogP contribution in [0.1, 0.15) is 20.3 Å². The highest BCUT2D eigenvalue weighted by Gasteiger charge is 2.23. The first-order valence-electron chi connectivity index (χ1n) is 4.93. The van der Waals surface area contributed by atoms with Crippen LogP contribution in [-0.2, 0) is 0 Å². The molecule has 0 amide bonds. The number of rotatable bonds is 3. The van der Waals surface area contributed by atoms with Gasteiger partial charge in [0.05, 0.1) is 18.5 Å². The van der Waals surface area contributed by atoms with Crippen LogP contribution in [0.25, 0.3) is 0 Å². The highest BCUT2D eigenvalue weighted by atomic mass is 16.3. The molecule has 3 atom stereocenters. The maximum Gasteiger partial charge on any atom is 0.0869 e. The molecule has 14 heavy (non-hydrogen) atoms. The van der Waals surface area contributed by atoms with Crippen molar-refractivity contribution in [2.24, 2.45) is 10.9 Å². The van der Waals surface area contributed by atoms with E-state index in [1.54, 1.807) is 19.3 Å². The van der Waals surface area contributed by atoms with Crippen LogP contribution < -0.4 is 5.32 Å². The van der Waals surface area contributed by atoms with Crippen LogP contribution in [-0.4, -0.2) is 23.6 Å². The Kier molecular flexibility index (Phi) is 3.89. The van der Waals surface area contributed by atoms with Crippen molar-refractivity contribution in [1.29, 1.82) is 0 Å². The molecular formula is C11H18N2O. The van der Waals surface area contributed by atoms with E-state index in [1.165, 1.54) is 0 Å². The Morgan fingerprint density at radius 1 is 1.71 bits per heavy atom. The van der Waals surface area contributed by atoms with Crippen LogP contribution in [0.5, 0.6) is 0 Å². The number of aliphatic imine (C=N–C) groups is 1. The van der Waals surface area contributed by atoms with E-state index >= 15 is 0 Å². The molecule has 3 nitrogen and oxygen atoms in total. The molecule has 0 aromatic rings. The van der Waals surface area contributed by atoms with Crippen LogP contribution in [0.3, 0.4) is 0 Å². The van der Waals surface area contributed by atoms with E-state index in [2.05, 4.69) is 16.9 Å². The zero-order chi connectivity index (χ0) is 10.6. The Hall–Kier alpha value is -1.09. The van der Waals surface area contributed by atoms with Gasteiger partial charge in [-0.25, -0.2) is 0 Å². The second-order valence-corrected chi connectivity index (χ2v) is 3.72. The lowest BCUT2D eigenvalue weighted by atomic mass is 9.93. The summed E-state index contributed by atoms with van der Waals surface area (Å²) in [6.07, 6.45) is 5.91. The minimum absolute atomic E-state index is 0.169. The largest absolute Gasteiger partial charge is 0.393 e. The zero-order valence-corrected chi connectivity index (χ0v) is 8.77. The second-order valence-electron chi connectivity index (χ2n) is 3.72. The molecule has 1 unspecified atom stereocenters. The third kappa shape index (κ3) is 2.70. The monoisotopic (exact) mass is 194 g/mol. The van der Waals surface area contributed by atoms with Gasteiger partial charge in [0.1, 0.15) is 0 Å². The molecule has 0 radical (unpaired) electrons. The van der Waals surface area contributed by atoms with Crippen molar-refractivity contribution in [3.8, 4) is 0 Å². The van der Waals surface area contributed by atoms with Crippen LogP contribution >= 0.6 is 0 Å². The highest BCUT2D eigenvalue weighted by Crippen LogP contribution is 2.20. The topological polar surface area (TPSA) is 44.6 Å². The van der Waals surface area contributed by atoms with Gasteiger partial charge in [0.25, 0.3) is 0 Å². The van der Waals surface area contributed by atoms with Crippen LogP contribution in [0.2, 0.25) is 0 Å². The summed E-state index contributed by atoms with van der Waals surface area (Å²) in [4.78, 5) is 4.31. The molecule has 0 fully saturated rings. The summed E-state index contributed by atoms with van der Waals surface area (Å²) in [6.45, 7) is 7.47. The van der Waals surface area contributed by atoms with Gasteiger partial charge in [0, 0.05) is 18.0 Å². The molecule has 0 spiro atoms. The Bertz CT molecular complexity index is 256. The molecule has 2 N–H and O–H groups in total. The molecule has 1 aliphatic heterocycles. The lowest BCUT2D eigenvalue weighted by molar-refractivity contribution is 0.119. The molecule has 1 rings (SSSR count). The van der Waals surface area contributed by atoms with Crippen molar-refractivity contribution in [2.45, 2.75) is 32.4 Å². The predicted octanol–water partition coefficient (Wildman–Crippen LogP) is 1.46. The van der Waals surface area contributed by atoms with Gasteiger partial charge in [0.15, 0.2) is 0 Å². The van der Waals surface area contributed by atoms with Crippen molar-refractivity contribution in [2.75, 3.05) is 0 Å². The summed E-state index contributed by atoms with van der Waals surface area (Å²) < 4.78 is 0. The molecule has 0 aliphatic carbocycles. The Morgan fingerprint density at radius 2 is 2.43 bits per heavy atom. The molecule has 0 saturated heterocycles. The molecule has 1 aliphatic rings. The molecule has 0 aromatic heterocycles. The van der Waals surface area contributed by atoms with Gasteiger partial charge in [-0.05, 0) is 13.0 Å². The van der Waals surface area contributed by atoms with E-state index in [9.17, 15) is 5.11 Å². The van der Waals surface area contributed by atoms with E-state index in [4.69, 9.17) is 0 Å². The molecule has 0 bridgehead atoms. The van der Waals surface area contributed by atoms with Crippen molar-refractivity contribution in [3.63, 3.8) is 0 Å². The molecule has 78 valence electrons. The van der Waals surface area contributed by atoms with Crippen molar-refractivity contribution in [1.82, 2.24) is 5.32 Å². The van der Waals surface area contributed by atoms with E-state index < -0.39 is 0 Å². The van der Waals surface area contributed by atoms with Crippen LogP contribution in [0, 0.1) is 5.92 Å².